The minimum absolute atomic E-state index is 0.121. The molecule has 4 nitrogen and oxygen atoms in total. The van der Waals surface area contributed by atoms with Gasteiger partial charge >= 0.3 is 0 Å². The lowest BCUT2D eigenvalue weighted by Gasteiger charge is -2.58. The Morgan fingerprint density at radius 1 is 1.15 bits per heavy atom. The normalized spacial score (nSPS) is 45.7. The van der Waals surface area contributed by atoms with E-state index in [0.29, 0.717) is 29.1 Å². The predicted octanol–water partition coefficient (Wildman–Crippen LogP) is 5.18. The third kappa shape index (κ3) is 4.01. The number of hydrogen-bond acceptors (Lipinski definition) is 3. The fourth-order valence-electron chi connectivity index (χ4n) is 9.54. The summed E-state index contributed by atoms with van der Waals surface area (Å²) in [5.41, 5.74) is 2.31. The molecule has 0 aromatic carbocycles. The summed E-state index contributed by atoms with van der Waals surface area (Å²) in [5, 5.41) is 19.6. The predicted molar refractivity (Wildman–Crippen MR) is 131 cm³/mol. The SMILES string of the molecule is CC(CCC(=O)N1CC[C@H](CO)C1)[C@H]1CC[C@H]2[C@@H]3CC=C4C[C@@H](O)CC[C@]4(C)[C@H]3CC[C@]12C. The fourth-order valence-corrected chi connectivity index (χ4v) is 9.54. The van der Waals surface area contributed by atoms with Gasteiger partial charge in [-0.15, -0.1) is 0 Å². The van der Waals surface area contributed by atoms with Gasteiger partial charge in [-0.2, -0.15) is 0 Å². The highest BCUT2D eigenvalue weighted by Gasteiger charge is 2.59. The van der Waals surface area contributed by atoms with Crippen molar-refractivity contribution in [3.05, 3.63) is 11.6 Å². The lowest BCUT2D eigenvalue weighted by molar-refractivity contribution is -0.130. The van der Waals surface area contributed by atoms with Gasteiger partial charge in [0.1, 0.15) is 0 Å². The van der Waals surface area contributed by atoms with Crippen molar-refractivity contribution in [1.29, 1.82) is 0 Å². The Morgan fingerprint density at radius 2 is 1.97 bits per heavy atom. The van der Waals surface area contributed by atoms with Crippen molar-refractivity contribution in [2.24, 2.45) is 46.3 Å². The van der Waals surface area contributed by atoms with E-state index in [4.69, 9.17) is 0 Å². The number of allylic oxidation sites excluding steroid dienone is 1. The quantitative estimate of drug-likeness (QED) is 0.559. The van der Waals surface area contributed by atoms with Crippen LogP contribution in [0.3, 0.4) is 0 Å². The van der Waals surface area contributed by atoms with Gasteiger partial charge in [-0.05, 0) is 105 Å². The molecule has 4 fully saturated rings. The molecule has 0 radical (unpaired) electrons. The second kappa shape index (κ2) is 8.97. The highest BCUT2D eigenvalue weighted by atomic mass is 16.3. The van der Waals surface area contributed by atoms with Gasteiger partial charge in [-0.3, -0.25) is 4.79 Å². The van der Waals surface area contributed by atoms with Crippen LogP contribution < -0.4 is 0 Å². The van der Waals surface area contributed by atoms with Crippen molar-refractivity contribution in [2.45, 2.75) is 97.5 Å². The van der Waals surface area contributed by atoms with E-state index in [1.54, 1.807) is 5.57 Å². The van der Waals surface area contributed by atoms with Crippen LogP contribution in [0.25, 0.3) is 0 Å². The second-order valence-corrected chi connectivity index (χ2v) is 13.1. The summed E-state index contributed by atoms with van der Waals surface area (Å²) in [7, 11) is 0. The van der Waals surface area contributed by atoms with Crippen LogP contribution in [0.5, 0.6) is 0 Å². The summed E-state index contributed by atoms with van der Waals surface area (Å²) in [5.74, 6) is 4.37. The van der Waals surface area contributed by atoms with Crippen molar-refractivity contribution in [3.63, 3.8) is 0 Å². The van der Waals surface area contributed by atoms with Gasteiger partial charge in [0.05, 0.1) is 6.10 Å². The molecule has 1 heterocycles. The van der Waals surface area contributed by atoms with E-state index in [-0.39, 0.29) is 18.6 Å². The minimum atomic E-state index is -0.121. The maximum absolute atomic E-state index is 12.8. The van der Waals surface area contributed by atoms with E-state index in [1.165, 1.54) is 38.5 Å². The minimum Gasteiger partial charge on any atom is -0.396 e. The maximum Gasteiger partial charge on any atom is 0.222 e. The second-order valence-electron chi connectivity index (χ2n) is 13.1. The molecular formula is C29H47NO3. The zero-order chi connectivity index (χ0) is 23.4. The molecule has 1 amide bonds. The number of aliphatic hydroxyl groups is 2. The largest absolute Gasteiger partial charge is 0.396 e. The Bertz CT molecular complexity index is 779. The molecule has 1 aliphatic heterocycles. The van der Waals surface area contributed by atoms with Crippen molar-refractivity contribution >= 4 is 5.91 Å². The molecule has 186 valence electrons. The lowest BCUT2D eigenvalue weighted by Crippen LogP contribution is -2.50. The molecule has 0 aromatic rings. The molecular weight excluding hydrogens is 410 g/mol. The van der Waals surface area contributed by atoms with Crippen LogP contribution in [0.15, 0.2) is 11.6 Å². The van der Waals surface area contributed by atoms with Crippen LogP contribution >= 0.6 is 0 Å². The van der Waals surface area contributed by atoms with Gasteiger partial charge in [0.25, 0.3) is 0 Å². The Kier molecular flexibility index (Phi) is 6.48. The van der Waals surface area contributed by atoms with Crippen LogP contribution in [0.4, 0.5) is 0 Å². The third-order valence-electron chi connectivity index (χ3n) is 11.5. The maximum atomic E-state index is 12.8. The highest BCUT2D eigenvalue weighted by Crippen LogP contribution is 2.67. The Morgan fingerprint density at radius 3 is 2.73 bits per heavy atom. The number of hydrogen-bond donors (Lipinski definition) is 2. The Hall–Kier alpha value is -0.870. The molecule has 3 saturated carbocycles. The number of fused-ring (bicyclic) bond motifs is 5. The molecule has 33 heavy (non-hydrogen) atoms. The van der Waals surface area contributed by atoms with Crippen LogP contribution in [0, 0.1) is 46.3 Å². The summed E-state index contributed by atoms with van der Waals surface area (Å²) < 4.78 is 0. The first kappa shape index (κ1) is 23.9. The molecule has 4 heteroatoms. The zero-order valence-corrected chi connectivity index (χ0v) is 21.3. The van der Waals surface area contributed by atoms with Crippen LogP contribution in [0.2, 0.25) is 0 Å². The van der Waals surface area contributed by atoms with Crippen LogP contribution in [-0.4, -0.2) is 46.8 Å². The van der Waals surface area contributed by atoms with Gasteiger partial charge in [0, 0.05) is 32.0 Å². The van der Waals surface area contributed by atoms with Gasteiger partial charge in [-0.25, -0.2) is 0 Å². The van der Waals surface area contributed by atoms with Gasteiger partial charge in [0.2, 0.25) is 5.91 Å². The van der Waals surface area contributed by atoms with Crippen LogP contribution in [0.1, 0.15) is 91.4 Å². The summed E-state index contributed by atoms with van der Waals surface area (Å²) in [6.07, 6.45) is 14.7. The number of amides is 1. The monoisotopic (exact) mass is 457 g/mol. The number of carbonyl (C=O) groups is 1. The molecule has 2 N–H and O–H groups in total. The first-order chi connectivity index (χ1) is 15.8. The molecule has 0 spiro atoms. The number of carbonyl (C=O) groups excluding carboxylic acids is 1. The third-order valence-corrected chi connectivity index (χ3v) is 11.5. The number of likely N-dealkylation sites (tertiary alicyclic amines) is 1. The Balaban J connectivity index is 1.23. The van der Waals surface area contributed by atoms with E-state index in [9.17, 15) is 15.0 Å². The molecule has 5 rings (SSSR count). The average molecular weight is 458 g/mol. The molecule has 1 saturated heterocycles. The van der Waals surface area contributed by atoms with Gasteiger partial charge < -0.3 is 15.1 Å². The van der Waals surface area contributed by atoms with Gasteiger partial charge in [-0.1, -0.05) is 32.4 Å². The summed E-state index contributed by atoms with van der Waals surface area (Å²) in [4.78, 5) is 14.8. The van der Waals surface area contributed by atoms with Crippen molar-refractivity contribution in [1.82, 2.24) is 4.90 Å². The standard InChI is InChI=1S/C29H47NO3/c1-19(4-9-27(33)30-15-12-20(17-30)18-31)24-7-8-25-23-6-5-21-16-22(32)10-13-28(21,2)26(23)11-14-29(24,25)3/h5,19-20,22-26,31-32H,4,6-18H2,1-3H3/t19?,20-,22-,23-,24+,25-,26-,28-,29+/m0/s1. The first-order valence-corrected chi connectivity index (χ1v) is 14.0. The molecule has 0 aromatic heterocycles. The van der Waals surface area contributed by atoms with Crippen molar-refractivity contribution < 1.29 is 15.0 Å². The van der Waals surface area contributed by atoms with E-state index in [2.05, 4.69) is 26.8 Å². The first-order valence-electron chi connectivity index (χ1n) is 14.0. The topological polar surface area (TPSA) is 60.8 Å². The number of aliphatic hydroxyl groups excluding tert-OH is 2. The lowest BCUT2D eigenvalue weighted by atomic mass is 9.47. The Labute approximate surface area is 201 Å². The van der Waals surface area contributed by atoms with Crippen molar-refractivity contribution in [2.75, 3.05) is 19.7 Å². The number of rotatable bonds is 5. The molecule has 1 unspecified atom stereocenters. The molecule has 4 aliphatic carbocycles. The van der Waals surface area contributed by atoms with E-state index < -0.39 is 0 Å². The number of nitrogens with zero attached hydrogens (tertiary/aromatic N) is 1. The van der Waals surface area contributed by atoms with Crippen LogP contribution in [-0.2, 0) is 4.79 Å². The molecule has 0 bridgehead atoms. The van der Waals surface area contributed by atoms with Crippen molar-refractivity contribution in [3.8, 4) is 0 Å². The summed E-state index contributed by atoms with van der Waals surface area (Å²) in [6.45, 7) is 9.33. The van der Waals surface area contributed by atoms with E-state index >= 15 is 0 Å². The van der Waals surface area contributed by atoms with Gasteiger partial charge in [0.15, 0.2) is 0 Å². The van der Waals surface area contributed by atoms with E-state index in [1.807, 2.05) is 4.90 Å². The fraction of sp³-hybridized carbons (Fsp3) is 0.897. The summed E-state index contributed by atoms with van der Waals surface area (Å²) >= 11 is 0. The molecule has 9 atom stereocenters. The van der Waals surface area contributed by atoms with E-state index in [0.717, 1.165) is 62.4 Å². The summed E-state index contributed by atoms with van der Waals surface area (Å²) in [6, 6.07) is 0. The molecule has 5 aliphatic rings. The smallest absolute Gasteiger partial charge is 0.222 e. The zero-order valence-electron chi connectivity index (χ0n) is 21.3. The highest BCUT2D eigenvalue weighted by molar-refractivity contribution is 5.76. The average Bonchev–Trinajstić information content (AvgIpc) is 3.42.